The molecule has 1 aromatic carbocycles. The molecule has 0 bridgehead atoms. The third-order valence-electron chi connectivity index (χ3n) is 3.49. The highest BCUT2D eigenvalue weighted by Crippen LogP contribution is 2.32. The number of hydrogen-bond donors (Lipinski definition) is 0. The van der Waals surface area contributed by atoms with Crippen molar-refractivity contribution < 1.29 is 13.2 Å². The number of alkyl halides is 1. The molecule has 0 amide bonds. The minimum absolute atomic E-state index is 0.0391. The van der Waals surface area contributed by atoms with Crippen LogP contribution in [-0.2, 0) is 10.0 Å². The highest BCUT2D eigenvalue weighted by Gasteiger charge is 2.33. The Morgan fingerprint density at radius 1 is 1.29 bits per heavy atom. The predicted molar refractivity (Wildman–Crippen MR) is 84.4 cm³/mol. The first-order valence-electron chi connectivity index (χ1n) is 7.26. The summed E-state index contributed by atoms with van der Waals surface area (Å²) in [5, 5.41) is 0. The van der Waals surface area contributed by atoms with Gasteiger partial charge in [0.05, 0.1) is 10.8 Å². The summed E-state index contributed by atoms with van der Waals surface area (Å²) in [4.78, 5) is 0.315. The molecule has 0 atom stereocenters. The molecular formula is C15H22ClNO3S. The zero-order chi connectivity index (χ0) is 15.5. The zero-order valence-electron chi connectivity index (χ0n) is 12.5. The number of sulfonamides is 1. The third-order valence-corrected chi connectivity index (χ3v) is 5.70. The van der Waals surface area contributed by atoms with E-state index >= 15 is 0 Å². The van der Waals surface area contributed by atoms with Crippen LogP contribution in [0.3, 0.4) is 0 Å². The summed E-state index contributed by atoms with van der Waals surface area (Å²) >= 11 is 5.56. The first-order chi connectivity index (χ1) is 9.95. The summed E-state index contributed by atoms with van der Waals surface area (Å²) < 4.78 is 32.4. The number of ether oxygens (including phenoxy) is 1. The van der Waals surface area contributed by atoms with Gasteiger partial charge in [0, 0.05) is 12.6 Å². The lowest BCUT2D eigenvalue weighted by atomic mass is 10.3. The van der Waals surface area contributed by atoms with Gasteiger partial charge in [0.1, 0.15) is 12.4 Å². The standard InChI is InChI=1S/C15H22ClNO3S/c1-12(2)17(11-13-3-4-13)21(18,19)15-7-5-14(6-8-15)20-10-9-16/h5-8,12-13H,3-4,9-11H2,1-2H3. The van der Waals surface area contributed by atoms with Crippen LogP contribution in [0.15, 0.2) is 29.2 Å². The van der Waals surface area contributed by atoms with Gasteiger partial charge in [-0.1, -0.05) is 0 Å². The van der Waals surface area contributed by atoms with E-state index in [4.69, 9.17) is 16.3 Å². The highest BCUT2D eigenvalue weighted by molar-refractivity contribution is 7.89. The van der Waals surface area contributed by atoms with Crippen LogP contribution < -0.4 is 4.74 Å². The van der Waals surface area contributed by atoms with Crippen molar-refractivity contribution in [3.63, 3.8) is 0 Å². The van der Waals surface area contributed by atoms with Crippen molar-refractivity contribution in [2.24, 2.45) is 5.92 Å². The maximum absolute atomic E-state index is 12.7. The Labute approximate surface area is 132 Å². The molecular weight excluding hydrogens is 310 g/mol. The SMILES string of the molecule is CC(C)N(CC1CC1)S(=O)(=O)c1ccc(OCCCl)cc1. The van der Waals surface area contributed by atoms with E-state index in [0.29, 0.717) is 35.6 Å². The monoisotopic (exact) mass is 331 g/mol. The Balaban J connectivity index is 2.16. The first-order valence-corrected chi connectivity index (χ1v) is 9.23. The summed E-state index contributed by atoms with van der Waals surface area (Å²) in [5.41, 5.74) is 0. The van der Waals surface area contributed by atoms with Crippen molar-refractivity contribution in [1.82, 2.24) is 4.31 Å². The van der Waals surface area contributed by atoms with Gasteiger partial charge >= 0.3 is 0 Å². The number of benzene rings is 1. The molecule has 1 saturated carbocycles. The van der Waals surface area contributed by atoms with Gasteiger partial charge in [0.25, 0.3) is 0 Å². The summed E-state index contributed by atoms with van der Waals surface area (Å²) in [7, 11) is -3.44. The largest absolute Gasteiger partial charge is 0.492 e. The van der Waals surface area contributed by atoms with Gasteiger partial charge in [0.2, 0.25) is 10.0 Å². The zero-order valence-corrected chi connectivity index (χ0v) is 14.0. The molecule has 0 radical (unpaired) electrons. The minimum Gasteiger partial charge on any atom is -0.492 e. The molecule has 1 fully saturated rings. The minimum atomic E-state index is -3.44. The van der Waals surface area contributed by atoms with Gasteiger partial charge in [-0.2, -0.15) is 4.31 Å². The van der Waals surface area contributed by atoms with Gasteiger partial charge in [-0.25, -0.2) is 8.42 Å². The van der Waals surface area contributed by atoms with Gasteiger partial charge in [-0.15, -0.1) is 11.6 Å². The first kappa shape index (κ1) is 16.6. The van der Waals surface area contributed by atoms with Crippen LogP contribution in [0.4, 0.5) is 0 Å². The summed E-state index contributed by atoms with van der Waals surface area (Å²) in [5.74, 6) is 1.56. The lowest BCUT2D eigenvalue weighted by Crippen LogP contribution is -2.38. The van der Waals surface area contributed by atoms with E-state index in [9.17, 15) is 8.42 Å². The van der Waals surface area contributed by atoms with Gasteiger partial charge in [-0.3, -0.25) is 0 Å². The number of hydrogen-bond acceptors (Lipinski definition) is 3. The normalized spacial score (nSPS) is 15.7. The molecule has 0 unspecified atom stereocenters. The van der Waals surface area contributed by atoms with E-state index in [0.717, 1.165) is 12.8 Å². The molecule has 6 heteroatoms. The molecule has 21 heavy (non-hydrogen) atoms. The van der Waals surface area contributed by atoms with Crippen molar-refractivity contribution >= 4 is 21.6 Å². The fraction of sp³-hybridized carbons (Fsp3) is 0.600. The number of halogens is 1. The Morgan fingerprint density at radius 3 is 2.38 bits per heavy atom. The van der Waals surface area contributed by atoms with E-state index in [2.05, 4.69) is 0 Å². The topological polar surface area (TPSA) is 46.6 Å². The number of nitrogens with zero attached hydrogens (tertiary/aromatic N) is 1. The summed E-state index contributed by atoms with van der Waals surface area (Å²) in [6.45, 7) is 4.85. The predicted octanol–water partition coefficient (Wildman–Crippen LogP) is 3.11. The number of rotatable bonds is 8. The maximum Gasteiger partial charge on any atom is 0.243 e. The van der Waals surface area contributed by atoms with Crippen molar-refractivity contribution in [1.29, 1.82) is 0 Å². The highest BCUT2D eigenvalue weighted by atomic mass is 35.5. The second-order valence-electron chi connectivity index (χ2n) is 5.62. The van der Waals surface area contributed by atoms with E-state index < -0.39 is 10.0 Å². The van der Waals surface area contributed by atoms with Crippen LogP contribution in [0.1, 0.15) is 26.7 Å². The molecule has 1 aromatic rings. The van der Waals surface area contributed by atoms with E-state index in [1.807, 2.05) is 13.8 Å². The van der Waals surface area contributed by atoms with Crippen molar-refractivity contribution in [2.45, 2.75) is 37.6 Å². The molecule has 4 nitrogen and oxygen atoms in total. The Morgan fingerprint density at radius 2 is 1.90 bits per heavy atom. The third kappa shape index (κ3) is 4.34. The Bertz CT molecular complexity index is 553. The van der Waals surface area contributed by atoms with E-state index in [-0.39, 0.29) is 6.04 Å². The summed E-state index contributed by atoms with van der Waals surface area (Å²) in [6, 6.07) is 6.51. The van der Waals surface area contributed by atoms with E-state index in [1.165, 1.54) is 0 Å². The second kappa shape index (κ2) is 6.99. The molecule has 0 N–H and O–H groups in total. The molecule has 2 rings (SSSR count). The van der Waals surface area contributed by atoms with Crippen LogP contribution in [0.2, 0.25) is 0 Å². The lowest BCUT2D eigenvalue weighted by molar-refractivity contribution is 0.339. The van der Waals surface area contributed by atoms with Gasteiger partial charge in [0.15, 0.2) is 0 Å². The van der Waals surface area contributed by atoms with Crippen molar-refractivity contribution in [3.05, 3.63) is 24.3 Å². The van der Waals surface area contributed by atoms with Crippen molar-refractivity contribution in [3.8, 4) is 5.75 Å². The average Bonchev–Trinajstić information content (AvgIpc) is 3.26. The van der Waals surface area contributed by atoms with Crippen molar-refractivity contribution in [2.75, 3.05) is 19.0 Å². The molecule has 0 aliphatic heterocycles. The fourth-order valence-electron chi connectivity index (χ4n) is 2.14. The molecule has 0 spiro atoms. The fourth-order valence-corrected chi connectivity index (χ4v) is 3.93. The quantitative estimate of drug-likeness (QED) is 0.688. The molecule has 1 aliphatic rings. The summed E-state index contributed by atoms with van der Waals surface area (Å²) in [6.07, 6.45) is 2.26. The van der Waals surface area contributed by atoms with Gasteiger partial charge < -0.3 is 4.74 Å². The molecule has 0 saturated heterocycles. The van der Waals surface area contributed by atoms with Crippen LogP contribution in [0, 0.1) is 5.92 Å². The van der Waals surface area contributed by atoms with E-state index in [1.54, 1.807) is 28.6 Å². The molecule has 0 heterocycles. The smallest absolute Gasteiger partial charge is 0.243 e. The van der Waals surface area contributed by atoms with Crippen LogP contribution >= 0.6 is 11.6 Å². The maximum atomic E-state index is 12.7. The second-order valence-corrected chi connectivity index (χ2v) is 7.89. The molecule has 1 aliphatic carbocycles. The van der Waals surface area contributed by atoms with Crippen LogP contribution in [-0.4, -0.2) is 37.8 Å². The van der Waals surface area contributed by atoms with Crippen LogP contribution in [0.5, 0.6) is 5.75 Å². The molecule has 118 valence electrons. The Hall–Kier alpha value is -0.780. The van der Waals surface area contributed by atoms with Crippen LogP contribution in [0.25, 0.3) is 0 Å². The van der Waals surface area contributed by atoms with Gasteiger partial charge in [-0.05, 0) is 56.9 Å². The Kier molecular flexibility index (Phi) is 5.52. The molecule has 0 aromatic heterocycles. The lowest BCUT2D eigenvalue weighted by Gasteiger charge is -2.26. The average molecular weight is 332 g/mol.